The standard InChI is InChI=1S/C12H12N4O2/c1-7-12(18)16(6-10(17)15-7)9-5-14-8-3-2-4-13-11(8)9/h2-5,7,14H,6H2,1H3,(H,15,17)/t7-/m1/s1. The Balaban J connectivity index is 2.08. The smallest absolute Gasteiger partial charge is 0.249 e. The van der Waals surface area contributed by atoms with Crippen molar-refractivity contribution in [2.75, 3.05) is 11.4 Å². The highest BCUT2D eigenvalue weighted by Crippen LogP contribution is 2.25. The molecule has 2 aromatic heterocycles. The molecule has 1 fully saturated rings. The number of carbonyl (C=O) groups is 2. The Morgan fingerprint density at radius 2 is 2.28 bits per heavy atom. The molecule has 1 atom stereocenters. The van der Waals surface area contributed by atoms with E-state index in [4.69, 9.17) is 0 Å². The van der Waals surface area contributed by atoms with Crippen LogP contribution in [0.15, 0.2) is 24.5 Å². The number of pyridine rings is 1. The number of nitrogens with zero attached hydrogens (tertiary/aromatic N) is 2. The van der Waals surface area contributed by atoms with Gasteiger partial charge >= 0.3 is 0 Å². The summed E-state index contributed by atoms with van der Waals surface area (Å²) in [5.41, 5.74) is 2.20. The van der Waals surface area contributed by atoms with Gasteiger partial charge in [0.25, 0.3) is 0 Å². The second kappa shape index (κ2) is 3.83. The first-order chi connectivity index (χ1) is 8.66. The van der Waals surface area contributed by atoms with E-state index < -0.39 is 6.04 Å². The van der Waals surface area contributed by atoms with E-state index in [2.05, 4.69) is 15.3 Å². The van der Waals surface area contributed by atoms with Gasteiger partial charge in [-0.25, -0.2) is 0 Å². The lowest BCUT2D eigenvalue weighted by molar-refractivity contribution is -0.130. The molecule has 1 saturated heterocycles. The molecule has 0 aromatic carbocycles. The Bertz CT molecular complexity index is 634. The van der Waals surface area contributed by atoms with Crippen molar-refractivity contribution in [2.45, 2.75) is 13.0 Å². The van der Waals surface area contributed by atoms with E-state index in [0.717, 1.165) is 5.52 Å². The van der Waals surface area contributed by atoms with Crippen LogP contribution in [0.3, 0.4) is 0 Å². The lowest BCUT2D eigenvalue weighted by atomic mass is 10.2. The predicted octanol–water partition coefficient (Wildman–Crippen LogP) is 0.414. The minimum atomic E-state index is -0.500. The monoisotopic (exact) mass is 244 g/mol. The third kappa shape index (κ3) is 1.54. The van der Waals surface area contributed by atoms with Gasteiger partial charge in [0.2, 0.25) is 11.8 Å². The van der Waals surface area contributed by atoms with Gasteiger partial charge in [-0.15, -0.1) is 0 Å². The van der Waals surface area contributed by atoms with Crippen LogP contribution in [0.2, 0.25) is 0 Å². The summed E-state index contributed by atoms with van der Waals surface area (Å²) in [6, 6.07) is 3.19. The summed E-state index contributed by atoms with van der Waals surface area (Å²) < 4.78 is 0. The summed E-state index contributed by atoms with van der Waals surface area (Å²) in [5.74, 6) is -0.284. The number of rotatable bonds is 1. The third-order valence-electron chi connectivity index (χ3n) is 3.02. The van der Waals surface area contributed by atoms with Crippen LogP contribution in [-0.2, 0) is 9.59 Å². The lowest BCUT2D eigenvalue weighted by Gasteiger charge is -2.30. The van der Waals surface area contributed by atoms with Crippen molar-refractivity contribution in [2.24, 2.45) is 0 Å². The second-order valence-corrected chi connectivity index (χ2v) is 4.29. The SMILES string of the molecule is C[C@H]1NC(=O)CN(c2c[nH]c3cccnc23)C1=O. The molecule has 0 bridgehead atoms. The number of anilines is 1. The van der Waals surface area contributed by atoms with Crippen molar-refractivity contribution in [1.82, 2.24) is 15.3 Å². The highest BCUT2D eigenvalue weighted by atomic mass is 16.2. The molecule has 2 aromatic rings. The summed E-state index contributed by atoms with van der Waals surface area (Å²) in [6.45, 7) is 1.71. The maximum atomic E-state index is 12.1. The molecule has 92 valence electrons. The van der Waals surface area contributed by atoms with Gasteiger partial charge in [-0.1, -0.05) is 0 Å². The van der Waals surface area contributed by atoms with Crippen molar-refractivity contribution >= 4 is 28.5 Å². The van der Waals surface area contributed by atoms with E-state index in [1.54, 1.807) is 19.3 Å². The van der Waals surface area contributed by atoms with Gasteiger partial charge in [0.05, 0.1) is 11.2 Å². The molecule has 0 spiro atoms. The summed E-state index contributed by atoms with van der Waals surface area (Å²) in [7, 11) is 0. The zero-order valence-electron chi connectivity index (χ0n) is 9.80. The molecule has 18 heavy (non-hydrogen) atoms. The molecule has 3 rings (SSSR count). The lowest BCUT2D eigenvalue weighted by Crippen LogP contribution is -2.57. The molecule has 0 unspecified atom stereocenters. The topological polar surface area (TPSA) is 78.1 Å². The number of aromatic nitrogens is 2. The van der Waals surface area contributed by atoms with Crippen LogP contribution in [0.5, 0.6) is 0 Å². The maximum absolute atomic E-state index is 12.1. The molecule has 0 radical (unpaired) electrons. The number of carbonyl (C=O) groups excluding carboxylic acids is 2. The molecule has 0 aliphatic carbocycles. The molecule has 1 aliphatic heterocycles. The van der Waals surface area contributed by atoms with Gasteiger partial charge in [0, 0.05) is 12.4 Å². The Morgan fingerprint density at radius 1 is 1.44 bits per heavy atom. The van der Waals surface area contributed by atoms with Crippen LogP contribution in [0, 0.1) is 0 Å². The highest BCUT2D eigenvalue weighted by Gasteiger charge is 2.31. The molecule has 6 heteroatoms. The number of hydrogen-bond donors (Lipinski definition) is 2. The third-order valence-corrected chi connectivity index (χ3v) is 3.02. The molecular formula is C12H12N4O2. The van der Waals surface area contributed by atoms with Crippen LogP contribution < -0.4 is 10.2 Å². The number of amides is 2. The van der Waals surface area contributed by atoms with Crippen molar-refractivity contribution in [3.8, 4) is 0 Å². The van der Waals surface area contributed by atoms with Gasteiger partial charge in [-0.2, -0.15) is 0 Å². The van der Waals surface area contributed by atoms with Crippen molar-refractivity contribution in [3.05, 3.63) is 24.5 Å². The number of aromatic amines is 1. The summed E-state index contributed by atoms with van der Waals surface area (Å²) >= 11 is 0. The van der Waals surface area contributed by atoms with Crippen molar-refractivity contribution in [1.29, 1.82) is 0 Å². The first-order valence-corrected chi connectivity index (χ1v) is 5.69. The number of nitrogens with one attached hydrogen (secondary N) is 2. The van der Waals surface area contributed by atoms with E-state index in [1.165, 1.54) is 4.90 Å². The first-order valence-electron chi connectivity index (χ1n) is 5.69. The van der Waals surface area contributed by atoms with E-state index >= 15 is 0 Å². The van der Waals surface area contributed by atoms with E-state index in [-0.39, 0.29) is 18.4 Å². The van der Waals surface area contributed by atoms with Gasteiger partial charge in [0.15, 0.2) is 0 Å². The Morgan fingerprint density at radius 3 is 3.11 bits per heavy atom. The summed E-state index contributed by atoms with van der Waals surface area (Å²) in [4.78, 5) is 32.4. The van der Waals surface area contributed by atoms with Crippen molar-refractivity contribution < 1.29 is 9.59 Å². The molecule has 2 amide bonds. The largest absolute Gasteiger partial charge is 0.358 e. The quantitative estimate of drug-likeness (QED) is 0.762. The van der Waals surface area contributed by atoms with Gasteiger partial charge in [-0.05, 0) is 19.1 Å². The van der Waals surface area contributed by atoms with E-state index in [0.29, 0.717) is 11.2 Å². The maximum Gasteiger partial charge on any atom is 0.249 e. The fourth-order valence-electron chi connectivity index (χ4n) is 2.15. The molecule has 3 heterocycles. The zero-order chi connectivity index (χ0) is 12.7. The Labute approximate surface area is 103 Å². The fourth-order valence-corrected chi connectivity index (χ4v) is 2.15. The molecule has 2 N–H and O–H groups in total. The van der Waals surface area contributed by atoms with Crippen LogP contribution in [0.4, 0.5) is 5.69 Å². The van der Waals surface area contributed by atoms with Crippen LogP contribution in [0.1, 0.15) is 6.92 Å². The number of hydrogen-bond acceptors (Lipinski definition) is 3. The van der Waals surface area contributed by atoms with Crippen molar-refractivity contribution in [3.63, 3.8) is 0 Å². The van der Waals surface area contributed by atoms with Gasteiger partial charge in [0.1, 0.15) is 18.1 Å². The fraction of sp³-hybridized carbons (Fsp3) is 0.250. The first kappa shape index (κ1) is 10.8. The average molecular weight is 244 g/mol. The highest BCUT2D eigenvalue weighted by molar-refractivity contribution is 6.10. The summed E-state index contributed by atoms with van der Waals surface area (Å²) in [5, 5.41) is 2.61. The molecule has 6 nitrogen and oxygen atoms in total. The van der Waals surface area contributed by atoms with Crippen LogP contribution in [-0.4, -0.2) is 34.4 Å². The minimum Gasteiger partial charge on any atom is -0.358 e. The minimum absolute atomic E-state index is 0.0344. The average Bonchev–Trinajstić information content (AvgIpc) is 2.77. The van der Waals surface area contributed by atoms with Crippen LogP contribution in [0.25, 0.3) is 11.0 Å². The van der Waals surface area contributed by atoms with Gasteiger partial charge < -0.3 is 10.3 Å². The zero-order valence-corrected chi connectivity index (χ0v) is 9.80. The summed E-state index contributed by atoms with van der Waals surface area (Å²) in [6.07, 6.45) is 3.37. The predicted molar refractivity (Wildman–Crippen MR) is 66.1 cm³/mol. The van der Waals surface area contributed by atoms with Gasteiger partial charge in [-0.3, -0.25) is 19.5 Å². The van der Waals surface area contributed by atoms with E-state index in [1.807, 2.05) is 12.1 Å². The molecule has 0 saturated carbocycles. The second-order valence-electron chi connectivity index (χ2n) is 4.29. The number of H-pyrrole nitrogens is 1. The normalized spacial score (nSPS) is 20.3. The van der Waals surface area contributed by atoms with E-state index in [9.17, 15) is 9.59 Å². The molecule has 1 aliphatic rings. The van der Waals surface area contributed by atoms with Crippen LogP contribution >= 0.6 is 0 Å². The number of piperazine rings is 1. The number of fused-ring (bicyclic) bond motifs is 1. The Kier molecular flexibility index (Phi) is 2.29. The molecular weight excluding hydrogens is 232 g/mol. The Hall–Kier alpha value is -2.37.